The molecule has 2 amide bonds. The van der Waals surface area contributed by atoms with Gasteiger partial charge in [-0.2, -0.15) is 0 Å². The zero-order valence-corrected chi connectivity index (χ0v) is 12.1. The molecular formula is C14H21N5O2. The number of amides is 2. The summed E-state index contributed by atoms with van der Waals surface area (Å²) < 4.78 is 0. The Balaban J connectivity index is 1.73. The van der Waals surface area contributed by atoms with E-state index in [1.54, 1.807) is 19.1 Å². The lowest BCUT2D eigenvalue weighted by molar-refractivity contribution is -0.121. The van der Waals surface area contributed by atoms with Gasteiger partial charge < -0.3 is 16.1 Å². The molecule has 1 fully saturated rings. The van der Waals surface area contributed by atoms with Gasteiger partial charge in [0.25, 0.3) is 5.91 Å². The van der Waals surface area contributed by atoms with Crippen LogP contribution in [0.3, 0.4) is 0 Å². The van der Waals surface area contributed by atoms with Gasteiger partial charge in [0.1, 0.15) is 5.82 Å². The van der Waals surface area contributed by atoms with Crippen LogP contribution in [-0.4, -0.2) is 29.4 Å². The van der Waals surface area contributed by atoms with Crippen molar-refractivity contribution in [3.05, 3.63) is 23.4 Å². The minimum absolute atomic E-state index is 0.0566. The molecule has 114 valence electrons. The molecule has 0 radical (unpaired) electrons. The van der Waals surface area contributed by atoms with Crippen LogP contribution in [0.15, 0.2) is 12.1 Å². The Morgan fingerprint density at radius 2 is 2.14 bits per heavy atom. The number of pyridine rings is 1. The van der Waals surface area contributed by atoms with Crippen molar-refractivity contribution in [1.29, 1.82) is 0 Å². The van der Waals surface area contributed by atoms with Crippen LogP contribution in [0.25, 0.3) is 0 Å². The Morgan fingerprint density at radius 1 is 1.38 bits per heavy atom. The molecular weight excluding hydrogens is 270 g/mol. The summed E-state index contributed by atoms with van der Waals surface area (Å²) in [4.78, 5) is 27.6. The van der Waals surface area contributed by atoms with Crippen LogP contribution in [0.1, 0.15) is 41.7 Å². The number of nitrogens with one attached hydrogen (secondary N) is 3. The van der Waals surface area contributed by atoms with E-state index in [4.69, 9.17) is 5.84 Å². The van der Waals surface area contributed by atoms with E-state index in [0.29, 0.717) is 42.5 Å². The number of rotatable bonds is 7. The van der Waals surface area contributed by atoms with Gasteiger partial charge in [0, 0.05) is 30.3 Å². The molecule has 0 unspecified atom stereocenters. The lowest BCUT2D eigenvalue weighted by Gasteiger charge is -2.08. The van der Waals surface area contributed by atoms with Crippen LogP contribution in [-0.2, 0) is 4.79 Å². The molecule has 0 bridgehead atoms. The predicted octanol–water partition coefficient (Wildman–Crippen LogP) is 0.464. The Hall–Kier alpha value is -2.15. The highest BCUT2D eigenvalue weighted by Gasteiger charge is 2.22. The SMILES string of the molecule is Cc1cc(C(=O)NCCCC(=O)NC2CC2)cc(NN)n1. The minimum atomic E-state index is -0.195. The molecule has 1 aromatic rings. The summed E-state index contributed by atoms with van der Waals surface area (Å²) in [5, 5.41) is 5.70. The van der Waals surface area contributed by atoms with E-state index in [-0.39, 0.29) is 11.8 Å². The first-order valence-electron chi connectivity index (χ1n) is 7.11. The Morgan fingerprint density at radius 3 is 2.81 bits per heavy atom. The molecule has 1 aliphatic carbocycles. The Kier molecular flexibility index (Phi) is 5.10. The summed E-state index contributed by atoms with van der Waals surface area (Å²) in [6, 6.07) is 3.66. The number of nitrogens with zero attached hydrogens (tertiary/aromatic N) is 1. The van der Waals surface area contributed by atoms with Crippen molar-refractivity contribution in [1.82, 2.24) is 15.6 Å². The molecule has 1 saturated carbocycles. The first kappa shape index (κ1) is 15.2. The molecule has 7 heteroatoms. The number of aromatic nitrogens is 1. The second-order valence-electron chi connectivity index (χ2n) is 5.23. The number of carbonyl (C=O) groups is 2. The highest BCUT2D eigenvalue weighted by Crippen LogP contribution is 2.18. The number of hydrogen-bond acceptors (Lipinski definition) is 5. The van der Waals surface area contributed by atoms with Crippen molar-refractivity contribution in [2.24, 2.45) is 5.84 Å². The van der Waals surface area contributed by atoms with Gasteiger partial charge in [-0.1, -0.05) is 0 Å². The van der Waals surface area contributed by atoms with Gasteiger partial charge >= 0.3 is 0 Å². The van der Waals surface area contributed by atoms with Gasteiger partial charge in [-0.05, 0) is 38.3 Å². The van der Waals surface area contributed by atoms with Gasteiger partial charge in [-0.15, -0.1) is 0 Å². The fourth-order valence-corrected chi connectivity index (χ4v) is 1.95. The average molecular weight is 291 g/mol. The predicted molar refractivity (Wildman–Crippen MR) is 79.5 cm³/mol. The second-order valence-corrected chi connectivity index (χ2v) is 5.23. The van der Waals surface area contributed by atoms with Crippen molar-refractivity contribution >= 4 is 17.6 Å². The van der Waals surface area contributed by atoms with E-state index < -0.39 is 0 Å². The van der Waals surface area contributed by atoms with E-state index in [1.807, 2.05) is 0 Å². The van der Waals surface area contributed by atoms with Crippen LogP contribution in [0.4, 0.5) is 5.82 Å². The summed E-state index contributed by atoms with van der Waals surface area (Å²) >= 11 is 0. The van der Waals surface area contributed by atoms with Crippen LogP contribution in [0, 0.1) is 6.92 Å². The molecule has 1 aliphatic rings. The van der Waals surface area contributed by atoms with Crippen molar-refractivity contribution < 1.29 is 9.59 Å². The molecule has 7 nitrogen and oxygen atoms in total. The number of aryl methyl sites for hydroxylation is 1. The smallest absolute Gasteiger partial charge is 0.251 e. The van der Waals surface area contributed by atoms with E-state index in [1.165, 1.54) is 0 Å². The highest BCUT2D eigenvalue weighted by molar-refractivity contribution is 5.95. The maximum Gasteiger partial charge on any atom is 0.251 e. The first-order valence-corrected chi connectivity index (χ1v) is 7.11. The van der Waals surface area contributed by atoms with Crippen LogP contribution in [0.5, 0.6) is 0 Å². The van der Waals surface area contributed by atoms with Gasteiger partial charge in [0.05, 0.1) is 0 Å². The highest BCUT2D eigenvalue weighted by atomic mass is 16.2. The average Bonchev–Trinajstić information content (AvgIpc) is 3.26. The van der Waals surface area contributed by atoms with Crippen LogP contribution in [0.2, 0.25) is 0 Å². The molecule has 0 atom stereocenters. The minimum Gasteiger partial charge on any atom is -0.353 e. The Labute approximate surface area is 123 Å². The van der Waals surface area contributed by atoms with Crippen molar-refractivity contribution in [2.45, 2.75) is 38.6 Å². The summed E-state index contributed by atoms with van der Waals surface area (Å²) in [6.45, 7) is 2.25. The van der Waals surface area contributed by atoms with Gasteiger partial charge in [-0.25, -0.2) is 10.8 Å². The number of carbonyl (C=O) groups excluding carboxylic acids is 2. The summed E-state index contributed by atoms with van der Waals surface area (Å²) in [5.74, 6) is 5.61. The molecule has 0 aromatic carbocycles. The fraction of sp³-hybridized carbons (Fsp3) is 0.500. The molecule has 21 heavy (non-hydrogen) atoms. The molecule has 1 aromatic heterocycles. The van der Waals surface area contributed by atoms with Gasteiger partial charge in [-0.3, -0.25) is 9.59 Å². The van der Waals surface area contributed by atoms with Crippen LogP contribution < -0.4 is 21.9 Å². The van der Waals surface area contributed by atoms with E-state index in [9.17, 15) is 9.59 Å². The lowest BCUT2D eigenvalue weighted by atomic mass is 10.2. The van der Waals surface area contributed by atoms with Crippen LogP contribution >= 0.6 is 0 Å². The van der Waals surface area contributed by atoms with Crippen molar-refractivity contribution in [2.75, 3.05) is 12.0 Å². The third kappa shape index (κ3) is 5.03. The number of hydrogen-bond donors (Lipinski definition) is 4. The number of hydrazine groups is 1. The standard InChI is InChI=1S/C14H21N5O2/c1-9-7-10(8-12(17-9)19-15)14(21)16-6-2-3-13(20)18-11-4-5-11/h7-8,11H,2-6,15H2,1H3,(H,16,21)(H,17,19)(H,18,20). The zero-order chi connectivity index (χ0) is 15.2. The normalized spacial score (nSPS) is 13.6. The lowest BCUT2D eigenvalue weighted by Crippen LogP contribution is -2.28. The first-order chi connectivity index (χ1) is 10.1. The van der Waals surface area contributed by atoms with Gasteiger partial charge in [0.15, 0.2) is 0 Å². The summed E-state index contributed by atoms with van der Waals surface area (Å²) in [5.41, 5.74) is 3.63. The number of anilines is 1. The topological polar surface area (TPSA) is 109 Å². The van der Waals surface area contributed by atoms with Crippen molar-refractivity contribution in [3.63, 3.8) is 0 Å². The third-order valence-corrected chi connectivity index (χ3v) is 3.17. The largest absolute Gasteiger partial charge is 0.353 e. The van der Waals surface area contributed by atoms with E-state index >= 15 is 0 Å². The maximum atomic E-state index is 12.0. The summed E-state index contributed by atoms with van der Waals surface area (Å²) in [6.07, 6.45) is 3.22. The molecule has 1 heterocycles. The molecule has 2 rings (SSSR count). The molecule has 5 N–H and O–H groups in total. The third-order valence-electron chi connectivity index (χ3n) is 3.17. The zero-order valence-electron chi connectivity index (χ0n) is 12.1. The second kappa shape index (κ2) is 7.03. The molecule has 0 saturated heterocycles. The van der Waals surface area contributed by atoms with Gasteiger partial charge in [0.2, 0.25) is 5.91 Å². The van der Waals surface area contributed by atoms with Crippen molar-refractivity contribution in [3.8, 4) is 0 Å². The Bertz CT molecular complexity index is 528. The quantitative estimate of drug-likeness (QED) is 0.331. The monoisotopic (exact) mass is 291 g/mol. The number of nitrogen functional groups attached to an aromatic ring is 1. The van der Waals surface area contributed by atoms with E-state index in [2.05, 4.69) is 21.0 Å². The maximum absolute atomic E-state index is 12.0. The summed E-state index contributed by atoms with van der Waals surface area (Å²) in [7, 11) is 0. The number of nitrogens with two attached hydrogens (primary N) is 1. The molecule has 0 spiro atoms. The molecule has 0 aliphatic heterocycles. The van der Waals surface area contributed by atoms with E-state index in [0.717, 1.165) is 12.8 Å². The fourth-order valence-electron chi connectivity index (χ4n) is 1.95.